The van der Waals surface area contributed by atoms with E-state index < -0.39 is 0 Å². The van der Waals surface area contributed by atoms with Crippen molar-refractivity contribution in [1.82, 2.24) is 10.7 Å². The highest BCUT2D eigenvalue weighted by molar-refractivity contribution is 7.12. The zero-order chi connectivity index (χ0) is 13.1. The molecule has 0 fully saturated rings. The Morgan fingerprint density at radius 2 is 2.28 bits per heavy atom. The lowest BCUT2D eigenvalue weighted by Gasteiger charge is -2.15. The Morgan fingerprint density at radius 1 is 1.50 bits per heavy atom. The number of carbonyl (C=O) groups excluding carboxylic acids is 2. The van der Waals surface area contributed by atoms with Crippen molar-refractivity contribution in [1.29, 1.82) is 0 Å². The average molecular weight is 265 g/mol. The second-order valence-electron chi connectivity index (χ2n) is 4.24. The monoisotopic (exact) mass is 265 g/mol. The van der Waals surface area contributed by atoms with E-state index in [-0.39, 0.29) is 17.9 Å². The molecule has 0 bridgehead atoms. The van der Waals surface area contributed by atoms with Gasteiger partial charge in [0.25, 0.3) is 5.91 Å². The molecule has 0 aromatic carbocycles. The maximum absolute atomic E-state index is 11.9. The van der Waals surface area contributed by atoms with E-state index in [2.05, 4.69) is 15.8 Å². The van der Waals surface area contributed by atoms with Gasteiger partial charge in [-0.25, -0.2) is 5.43 Å². The summed E-state index contributed by atoms with van der Waals surface area (Å²) in [6.45, 7) is 3.97. The molecule has 2 rings (SSSR count). The van der Waals surface area contributed by atoms with Gasteiger partial charge in [-0.15, -0.1) is 11.3 Å². The van der Waals surface area contributed by atoms with Gasteiger partial charge in [-0.2, -0.15) is 5.10 Å². The van der Waals surface area contributed by atoms with E-state index in [9.17, 15) is 9.59 Å². The Balaban J connectivity index is 1.97. The summed E-state index contributed by atoms with van der Waals surface area (Å²) in [6, 6.07) is 3.99. The fraction of sp³-hybridized carbons (Fsp3) is 0.417. The van der Waals surface area contributed by atoms with Crippen LogP contribution in [0, 0.1) is 6.92 Å². The van der Waals surface area contributed by atoms with Gasteiger partial charge in [0, 0.05) is 22.6 Å². The quantitative estimate of drug-likeness (QED) is 0.869. The van der Waals surface area contributed by atoms with Crippen LogP contribution < -0.4 is 10.7 Å². The first-order chi connectivity index (χ1) is 8.56. The summed E-state index contributed by atoms with van der Waals surface area (Å²) in [6.07, 6.45) is 0.715. The predicted octanol–water partition coefficient (Wildman–Crippen LogP) is 1.50. The topological polar surface area (TPSA) is 70.6 Å². The van der Waals surface area contributed by atoms with Gasteiger partial charge in [-0.05, 0) is 26.0 Å². The summed E-state index contributed by atoms with van der Waals surface area (Å²) in [4.78, 5) is 25.2. The highest BCUT2D eigenvalue weighted by Gasteiger charge is 2.20. The van der Waals surface area contributed by atoms with Crippen LogP contribution in [0.15, 0.2) is 17.2 Å². The van der Waals surface area contributed by atoms with Crippen LogP contribution in [-0.4, -0.2) is 17.5 Å². The van der Waals surface area contributed by atoms with Crippen molar-refractivity contribution in [3.63, 3.8) is 0 Å². The van der Waals surface area contributed by atoms with E-state index in [1.807, 2.05) is 26.0 Å². The number of hydrogen-bond donors (Lipinski definition) is 2. The number of hydrogen-bond acceptors (Lipinski definition) is 4. The average Bonchev–Trinajstić information content (AvgIpc) is 2.76. The number of thiophene rings is 1. The second kappa shape index (κ2) is 5.30. The van der Waals surface area contributed by atoms with E-state index >= 15 is 0 Å². The Morgan fingerprint density at radius 3 is 2.83 bits per heavy atom. The van der Waals surface area contributed by atoms with Crippen molar-refractivity contribution in [2.45, 2.75) is 32.7 Å². The minimum absolute atomic E-state index is 0.0449. The molecule has 0 saturated carbocycles. The van der Waals surface area contributed by atoms with Crippen LogP contribution in [0.1, 0.15) is 35.6 Å². The van der Waals surface area contributed by atoms with E-state index in [1.54, 1.807) is 11.3 Å². The molecular formula is C12H15N3O2S. The van der Waals surface area contributed by atoms with Gasteiger partial charge in [0.15, 0.2) is 0 Å². The number of rotatable bonds is 3. The molecule has 6 heteroatoms. The highest BCUT2D eigenvalue weighted by Crippen LogP contribution is 2.22. The number of aryl methyl sites for hydroxylation is 1. The normalized spacial score (nSPS) is 16.8. The van der Waals surface area contributed by atoms with Crippen LogP contribution in [0.3, 0.4) is 0 Å². The molecule has 2 N–H and O–H groups in total. The van der Waals surface area contributed by atoms with Gasteiger partial charge in [-0.1, -0.05) is 0 Å². The van der Waals surface area contributed by atoms with Crippen molar-refractivity contribution in [2.24, 2.45) is 5.10 Å². The van der Waals surface area contributed by atoms with E-state index in [1.165, 1.54) is 4.88 Å². The van der Waals surface area contributed by atoms with Crippen molar-refractivity contribution in [2.75, 3.05) is 0 Å². The lowest BCUT2D eigenvalue weighted by atomic mass is 10.1. The molecular weight excluding hydrogens is 250 g/mol. The molecule has 96 valence electrons. The smallest absolute Gasteiger partial charge is 0.267 e. The molecule has 0 spiro atoms. The minimum Gasteiger partial charge on any atom is -0.344 e. The third-order valence-electron chi connectivity index (χ3n) is 2.70. The Hall–Kier alpha value is -1.69. The van der Waals surface area contributed by atoms with Crippen LogP contribution in [0.25, 0.3) is 0 Å². The maximum Gasteiger partial charge on any atom is 0.267 e. The van der Waals surface area contributed by atoms with Crippen LogP contribution in [0.4, 0.5) is 0 Å². The number of amides is 2. The zero-order valence-corrected chi connectivity index (χ0v) is 11.1. The molecule has 1 unspecified atom stereocenters. The fourth-order valence-corrected chi connectivity index (χ4v) is 2.55. The Labute approximate surface area is 109 Å². The van der Waals surface area contributed by atoms with E-state index in [0.29, 0.717) is 18.6 Å². The SMILES string of the molecule is Cc1ccc(C(C)NC(=O)C2=NNC(=O)CC2)s1. The first-order valence-corrected chi connectivity index (χ1v) is 6.60. The molecule has 0 saturated heterocycles. The van der Waals surface area contributed by atoms with Crippen molar-refractivity contribution < 1.29 is 9.59 Å². The number of carbonyl (C=O) groups is 2. The highest BCUT2D eigenvalue weighted by atomic mass is 32.1. The summed E-state index contributed by atoms with van der Waals surface area (Å²) < 4.78 is 0. The lowest BCUT2D eigenvalue weighted by Crippen LogP contribution is -2.37. The van der Waals surface area contributed by atoms with Crippen LogP contribution in [0.5, 0.6) is 0 Å². The molecule has 2 amide bonds. The minimum atomic E-state index is -0.214. The van der Waals surface area contributed by atoms with Gasteiger partial charge in [-0.3, -0.25) is 9.59 Å². The first-order valence-electron chi connectivity index (χ1n) is 5.79. The number of nitrogens with one attached hydrogen (secondary N) is 2. The van der Waals surface area contributed by atoms with Gasteiger partial charge >= 0.3 is 0 Å². The molecule has 0 radical (unpaired) electrons. The molecule has 1 aromatic rings. The second-order valence-corrected chi connectivity index (χ2v) is 5.56. The van der Waals surface area contributed by atoms with Crippen molar-refractivity contribution in [3.05, 3.63) is 21.9 Å². The van der Waals surface area contributed by atoms with Crippen molar-refractivity contribution >= 4 is 28.9 Å². The predicted molar refractivity (Wildman–Crippen MR) is 70.4 cm³/mol. The van der Waals surface area contributed by atoms with Gasteiger partial charge < -0.3 is 5.32 Å². The number of hydrazone groups is 1. The summed E-state index contributed by atoms with van der Waals surface area (Å²) in [7, 11) is 0. The Kier molecular flexibility index (Phi) is 3.76. The molecule has 1 aliphatic heterocycles. The van der Waals surface area contributed by atoms with Crippen LogP contribution in [-0.2, 0) is 9.59 Å². The third-order valence-corrected chi connectivity index (χ3v) is 3.89. The summed E-state index contributed by atoms with van der Waals surface area (Å²) in [5, 5.41) is 6.65. The molecule has 18 heavy (non-hydrogen) atoms. The molecule has 1 aromatic heterocycles. The van der Waals surface area contributed by atoms with Gasteiger partial charge in [0.2, 0.25) is 5.91 Å². The largest absolute Gasteiger partial charge is 0.344 e. The summed E-state index contributed by atoms with van der Waals surface area (Å²) in [5.74, 6) is -0.359. The molecule has 1 aliphatic rings. The first kappa shape index (κ1) is 12.8. The zero-order valence-electron chi connectivity index (χ0n) is 10.3. The number of nitrogens with zero attached hydrogens (tertiary/aromatic N) is 1. The lowest BCUT2D eigenvalue weighted by molar-refractivity contribution is -0.121. The third kappa shape index (κ3) is 2.95. The van der Waals surface area contributed by atoms with Crippen molar-refractivity contribution in [3.8, 4) is 0 Å². The van der Waals surface area contributed by atoms with Gasteiger partial charge in [0.05, 0.1) is 6.04 Å². The molecule has 1 atom stereocenters. The van der Waals surface area contributed by atoms with Crippen LogP contribution in [0.2, 0.25) is 0 Å². The van der Waals surface area contributed by atoms with Gasteiger partial charge in [0.1, 0.15) is 5.71 Å². The molecule has 2 heterocycles. The molecule has 0 aliphatic carbocycles. The fourth-order valence-electron chi connectivity index (χ4n) is 1.68. The summed E-state index contributed by atoms with van der Waals surface area (Å²) in [5.41, 5.74) is 2.70. The molecule has 5 nitrogen and oxygen atoms in total. The van der Waals surface area contributed by atoms with E-state index in [4.69, 9.17) is 0 Å². The Bertz CT molecular complexity index is 507. The van der Waals surface area contributed by atoms with E-state index in [0.717, 1.165) is 4.88 Å². The maximum atomic E-state index is 11.9. The summed E-state index contributed by atoms with van der Waals surface area (Å²) >= 11 is 1.66. The standard InChI is InChI=1S/C12H15N3O2S/c1-7-3-5-10(18-7)8(2)13-12(17)9-4-6-11(16)15-14-9/h3,5,8H,4,6H2,1-2H3,(H,13,17)(H,15,16). The van der Waals surface area contributed by atoms with Crippen LogP contribution >= 0.6 is 11.3 Å².